The van der Waals surface area contributed by atoms with Crippen LogP contribution in [0.1, 0.15) is 16.7 Å². The normalized spacial score (nSPS) is 10.7. The Bertz CT molecular complexity index is 1090. The zero-order valence-electron chi connectivity index (χ0n) is 13.1. The molecule has 5 heteroatoms. The molecule has 0 amide bonds. The monoisotopic (exact) mass is 372 g/mol. The van der Waals surface area contributed by atoms with Crippen LogP contribution in [0.4, 0.5) is 17.6 Å². The average Bonchev–Trinajstić information content (AvgIpc) is 2.59. The third-order valence-corrected chi connectivity index (χ3v) is 3.78. The molecule has 0 bridgehead atoms. The van der Waals surface area contributed by atoms with Gasteiger partial charge in [0.05, 0.1) is 10.6 Å². The average molecular weight is 373 g/mol. The first-order chi connectivity index (χ1) is 12.3. The van der Waals surface area contributed by atoms with Crippen molar-refractivity contribution in [3.63, 3.8) is 0 Å². The Morgan fingerprint density at radius 1 is 0.808 bits per heavy atom. The van der Waals surface area contributed by atoms with Crippen molar-refractivity contribution in [1.82, 2.24) is 0 Å². The highest BCUT2D eigenvalue weighted by Gasteiger charge is 2.23. The van der Waals surface area contributed by atoms with Gasteiger partial charge in [0.1, 0.15) is 5.82 Å². The first-order valence-corrected chi connectivity index (χ1v) is 7.80. The second-order valence-corrected chi connectivity index (χ2v) is 5.75. The molecule has 0 fully saturated rings. The van der Waals surface area contributed by atoms with Gasteiger partial charge in [-0.2, -0.15) is 13.2 Å². The van der Waals surface area contributed by atoms with Crippen molar-refractivity contribution < 1.29 is 17.6 Å². The molecular weight excluding hydrogens is 364 g/mol. The molecule has 0 heterocycles. The Labute approximate surface area is 152 Å². The van der Waals surface area contributed by atoms with E-state index >= 15 is 0 Å². The van der Waals surface area contributed by atoms with Gasteiger partial charge in [0, 0.05) is 22.4 Å². The number of alkyl halides is 3. The summed E-state index contributed by atoms with van der Waals surface area (Å²) in [7, 11) is 0. The molecule has 0 aromatic heterocycles. The van der Waals surface area contributed by atoms with E-state index in [1.165, 1.54) is 12.1 Å². The minimum Gasteiger partial charge on any atom is -0.205 e. The molecule has 26 heavy (non-hydrogen) atoms. The van der Waals surface area contributed by atoms with Crippen LogP contribution in [0.25, 0.3) is 10.8 Å². The lowest BCUT2D eigenvalue weighted by Gasteiger charge is -2.05. The smallest absolute Gasteiger partial charge is 0.205 e. The maximum Gasteiger partial charge on any atom is 0.458 e. The summed E-state index contributed by atoms with van der Waals surface area (Å²) in [5.41, 5.74) is 0.986. The molecule has 3 aromatic rings. The fourth-order valence-electron chi connectivity index (χ4n) is 2.32. The second-order valence-electron chi connectivity index (χ2n) is 5.35. The van der Waals surface area contributed by atoms with Gasteiger partial charge in [-0.1, -0.05) is 53.6 Å². The molecule has 0 aliphatic rings. The molecule has 3 aromatic carbocycles. The largest absolute Gasteiger partial charge is 0.458 e. The molecule has 0 nitrogen and oxygen atoms in total. The van der Waals surface area contributed by atoms with Crippen LogP contribution in [0, 0.1) is 29.5 Å². The summed E-state index contributed by atoms with van der Waals surface area (Å²) in [5, 5.41) is 0.385. The van der Waals surface area contributed by atoms with Gasteiger partial charge in [-0.25, -0.2) is 4.39 Å². The molecule has 128 valence electrons. The summed E-state index contributed by atoms with van der Waals surface area (Å²) < 4.78 is 51.2. The SMILES string of the molecule is Fc1c(C#CC(F)(F)F)c(Cl)cc2cc(C#Cc3ccccc3)ccc12. The van der Waals surface area contributed by atoms with E-state index in [1.54, 1.807) is 18.1 Å². The standard InChI is InChI=1S/C21H9ClF4/c22-19-13-16-12-15(7-6-14-4-2-1-3-5-14)8-9-17(16)20(23)18(19)10-11-21(24,25)26/h1-5,8-9,12-13H. The molecule has 0 atom stereocenters. The third kappa shape index (κ3) is 4.17. The number of hydrogen-bond donors (Lipinski definition) is 0. The highest BCUT2D eigenvalue weighted by Crippen LogP contribution is 2.28. The fourth-order valence-corrected chi connectivity index (χ4v) is 2.57. The first kappa shape index (κ1) is 17.9. The Balaban J connectivity index is 2.04. The van der Waals surface area contributed by atoms with Crippen LogP contribution in [0.15, 0.2) is 54.6 Å². The molecule has 0 saturated carbocycles. The summed E-state index contributed by atoms with van der Waals surface area (Å²) in [4.78, 5) is 0. The van der Waals surface area contributed by atoms with Gasteiger partial charge >= 0.3 is 6.18 Å². The molecular formula is C21H9ClF4. The lowest BCUT2D eigenvalue weighted by molar-refractivity contribution is -0.0696. The fraction of sp³-hybridized carbons (Fsp3) is 0.0476. The topological polar surface area (TPSA) is 0 Å². The number of hydrogen-bond acceptors (Lipinski definition) is 0. The van der Waals surface area contributed by atoms with Crippen molar-refractivity contribution in [3.8, 4) is 23.7 Å². The predicted molar refractivity (Wildman–Crippen MR) is 94.3 cm³/mol. The van der Waals surface area contributed by atoms with Crippen LogP contribution in [0.5, 0.6) is 0 Å². The van der Waals surface area contributed by atoms with E-state index < -0.39 is 17.6 Å². The van der Waals surface area contributed by atoms with Gasteiger partial charge in [0.2, 0.25) is 0 Å². The van der Waals surface area contributed by atoms with Crippen LogP contribution in [-0.2, 0) is 0 Å². The molecule has 0 aliphatic heterocycles. The zero-order chi connectivity index (χ0) is 18.7. The van der Waals surface area contributed by atoms with Gasteiger partial charge in [-0.15, -0.1) is 0 Å². The van der Waals surface area contributed by atoms with E-state index in [1.807, 2.05) is 30.3 Å². The van der Waals surface area contributed by atoms with Crippen molar-refractivity contribution in [3.05, 3.63) is 82.1 Å². The van der Waals surface area contributed by atoms with Crippen LogP contribution >= 0.6 is 11.6 Å². The summed E-state index contributed by atoms with van der Waals surface area (Å²) >= 11 is 5.92. The lowest BCUT2D eigenvalue weighted by atomic mass is 10.0. The van der Waals surface area contributed by atoms with Crippen molar-refractivity contribution in [2.45, 2.75) is 6.18 Å². The predicted octanol–water partition coefficient (Wildman–Crippen LogP) is 5.95. The Morgan fingerprint density at radius 2 is 1.50 bits per heavy atom. The van der Waals surface area contributed by atoms with Crippen molar-refractivity contribution in [2.24, 2.45) is 0 Å². The summed E-state index contributed by atoms with van der Waals surface area (Å²) in [6.45, 7) is 0. The van der Waals surface area contributed by atoms with Crippen LogP contribution in [-0.4, -0.2) is 6.18 Å². The Kier molecular flexibility index (Phi) is 4.89. The van der Waals surface area contributed by atoms with E-state index in [0.29, 0.717) is 10.9 Å². The third-order valence-electron chi connectivity index (χ3n) is 3.48. The van der Waals surface area contributed by atoms with Gasteiger partial charge in [-0.3, -0.25) is 0 Å². The maximum absolute atomic E-state index is 14.5. The highest BCUT2D eigenvalue weighted by molar-refractivity contribution is 6.32. The minimum absolute atomic E-state index is 0.131. The second kappa shape index (κ2) is 7.12. The van der Waals surface area contributed by atoms with Crippen LogP contribution in [0.2, 0.25) is 5.02 Å². The molecule has 0 spiro atoms. The molecule has 0 saturated heterocycles. The first-order valence-electron chi connectivity index (χ1n) is 7.42. The van der Waals surface area contributed by atoms with E-state index in [-0.39, 0.29) is 10.4 Å². The summed E-state index contributed by atoms with van der Waals surface area (Å²) in [6, 6.07) is 15.4. The molecule has 0 N–H and O–H groups in total. The molecule has 0 aliphatic carbocycles. The van der Waals surface area contributed by atoms with Gasteiger partial charge < -0.3 is 0 Å². The van der Waals surface area contributed by atoms with Crippen molar-refractivity contribution >= 4 is 22.4 Å². The number of halogens is 5. The Morgan fingerprint density at radius 3 is 2.19 bits per heavy atom. The van der Waals surface area contributed by atoms with Crippen molar-refractivity contribution in [1.29, 1.82) is 0 Å². The van der Waals surface area contributed by atoms with E-state index in [4.69, 9.17) is 11.6 Å². The van der Waals surface area contributed by atoms with Crippen molar-refractivity contribution in [2.75, 3.05) is 0 Å². The van der Waals surface area contributed by atoms with E-state index in [2.05, 4.69) is 11.8 Å². The van der Waals surface area contributed by atoms with Gasteiger partial charge in [0.25, 0.3) is 0 Å². The maximum atomic E-state index is 14.5. The highest BCUT2D eigenvalue weighted by atomic mass is 35.5. The number of fused-ring (bicyclic) bond motifs is 1. The molecule has 0 radical (unpaired) electrons. The molecule has 0 unspecified atom stereocenters. The Hall–Kier alpha value is -2.95. The van der Waals surface area contributed by atoms with E-state index in [9.17, 15) is 17.6 Å². The zero-order valence-corrected chi connectivity index (χ0v) is 13.8. The van der Waals surface area contributed by atoms with Gasteiger partial charge in [0.15, 0.2) is 0 Å². The number of benzene rings is 3. The molecule has 3 rings (SSSR count). The summed E-state index contributed by atoms with van der Waals surface area (Å²) in [6.07, 6.45) is -4.72. The summed E-state index contributed by atoms with van der Waals surface area (Å²) in [5.74, 6) is 7.86. The van der Waals surface area contributed by atoms with Crippen LogP contribution < -0.4 is 0 Å². The lowest BCUT2D eigenvalue weighted by Crippen LogP contribution is -2.02. The van der Waals surface area contributed by atoms with Crippen LogP contribution in [0.3, 0.4) is 0 Å². The number of rotatable bonds is 0. The van der Waals surface area contributed by atoms with E-state index in [0.717, 1.165) is 11.5 Å². The minimum atomic E-state index is -4.72. The van der Waals surface area contributed by atoms with Gasteiger partial charge in [-0.05, 0) is 35.7 Å². The quantitative estimate of drug-likeness (QED) is 0.338.